The second-order valence-electron chi connectivity index (χ2n) is 4.31. The van der Waals surface area contributed by atoms with Gasteiger partial charge in [0, 0.05) is 17.1 Å². The summed E-state index contributed by atoms with van der Waals surface area (Å²) in [6.45, 7) is 2.19. The van der Waals surface area contributed by atoms with Crippen molar-refractivity contribution in [3.05, 3.63) is 63.9 Å². The molecule has 0 N–H and O–H groups in total. The molecule has 2 aromatic rings. The van der Waals surface area contributed by atoms with E-state index in [1.54, 1.807) is 0 Å². The monoisotopic (exact) mass is 241 g/mol. The molecular formula is C15H12ClN. The lowest BCUT2D eigenvalue weighted by Gasteiger charge is -2.14. The van der Waals surface area contributed by atoms with Crippen molar-refractivity contribution in [3.63, 3.8) is 0 Å². The molecule has 0 spiro atoms. The zero-order valence-corrected chi connectivity index (χ0v) is 10.3. The summed E-state index contributed by atoms with van der Waals surface area (Å²) in [5.74, 6) is 0.300. The maximum Gasteiger partial charge on any atom is 0.0547 e. The van der Waals surface area contributed by atoms with Crippen LogP contribution < -0.4 is 0 Å². The van der Waals surface area contributed by atoms with E-state index in [1.165, 1.54) is 16.7 Å². The van der Waals surface area contributed by atoms with Crippen LogP contribution >= 0.6 is 11.6 Å². The number of hydrogen-bond donors (Lipinski definition) is 0. The summed E-state index contributed by atoms with van der Waals surface area (Å²) < 4.78 is 0. The minimum Gasteiger partial charge on any atom is -0.260 e. The molecule has 17 heavy (non-hydrogen) atoms. The van der Waals surface area contributed by atoms with Crippen LogP contribution in [0.15, 0.2) is 36.5 Å². The highest BCUT2D eigenvalue weighted by atomic mass is 35.5. The lowest BCUT2D eigenvalue weighted by Crippen LogP contribution is -2.01. The Bertz CT molecular complexity index is 602. The van der Waals surface area contributed by atoms with Crippen LogP contribution in [0, 0.1) is 0 Å². The Labute approximate surface area is 106 Å². The Kier molecular flexibility index (Phi) is 2.49. The molecule has 0 saturated heterocycles. The van der Waals surface area contributed by atoms with E-state index in [9.17, 15) is 0 Å². The summed E-state index contributed by atoms with van der Waals surface area (Å²) >= 11 is 6.04. The van der Waals surface area contributed by atoms with E-state index < -0.39 is 0 Å². The number of pyridine rings is 1. The largest absolute Gasteiger partial charge is 0.260 e. The van der Waals surface area contributed by atoms with E-state index in [4.69, 9.17) is 11.6 Å². The van der Waals surface area contributed by atoms with Gasteiger partial charge in [0.1, 0.15) is 0 Å². The van der Waals surface area contributed by atoms with Crippen molar-refractivity contribution in [1.82, 2.24) is 4.98 Å². The number of aromatic nitrogens is 1. The standard InChI is InChI=1S/C15H12ClN/c1-10-14-7-6-13(16)9-12(14)5-4-11-3-2-8-17-15(10)11/h2-10H,1H3. The van der Waals surface area contributed by atoms with Gasteiger partial charge >= 0.3 is 0 Å². The first-order valence-corrected chi connectivity index (χ1v) is 6.06. The molecule has 0 aliphatic heterocycles. The van der Waals surface area contributed by atoms with Crippen LogP contribution in [0.5, 0.6) is 0 Å². The fourth-order valence-corrected chi connectivity index (χ4v) is 2.52. The van der Waals surface area contributed by atoms with E-state index in [1.807, 2.05) is 24.4 Å². The summed E-state index contributed by atoms with van der Waals surface area (Å²) in [6.07, 6.45) is 6.08. The van der Waals surface area contributed by atoms with Gasteiger partial charge in [0.15, 0.2) is 0 Å². The maximum absolute atomic E-state index is 6.04. The third kappa shape index (κ3) is 1.77. The fourth-order valence-electron chi connectivity index (χ4n) is 2.34. The lowest BCUT2D eigenvalue weighted by atomic mass is 9.93. The van der Waals surface area contributed by atoms with Crippen molar-refractivity contribution >= 4 is 23.8 Å². The molecule has 0 fully saturated rings. The van der Waals surface area contributed by atoms with Crippen LogP contribution in [0.1, 0.15) is 35.2 Å². The highest BCUT2D eigenvalue weighted by molar-refractivity contribution is 6.30. The number of fused-ring (bicyclic) bond motifs is 2. The van der Waals surface area contributed by atoms with Crippen LogP contribution in [0.4, 0.5) is 0 Å². The molecule has 0 radical (unpaired) electrons. The van der Waals surface area contributed by atoms with Crippen molar-refractivity contribution in [3.8, 4) is 0 Å². The molecule has 3 rings (SSSR count). The summed E-state index contributed by atoms with van der Waals surface area (Å²) in [5, 5.41) is 0.777. The topological polar surface area (TPSA) is 12.9 Å². The number of rotatable bonds is 0. The lowest BCUT2D eigenvalue weighted by molar-refractivity contribution is 0.868. The van der Waals surface area contributed by atoms with Crippen molar-refractivity contribution in [2.24, 2.45) is 0 Å². The fraction of sp³-hybridized carbons (Fsp3) is 0.133. The van der Waals surface area contributed by atoms with Crippen molar-refractivity contribution < 1.29 is 0 Å². The molecule has 2 heteroatoms. The molecule has 1 unspecified atom stereocenters. The number of hydrogen-bond acceptors (Lipinski definition) is 1. The molecule has 1 heterocycles. The second kappa shape index (κ2) is 4.01. The maximum atomic E-state index is 6.04. The van der Waals surface area contributed by atoms with Gasteiger partial charge in [0.2, 0.25) is 0 Å². The van der Waals surface area contributed by atoms with Gasteiger partial charge < -0.3 is 0 Å². The summed E-state index contributed by atoms with van der Waals surface area (Å²) in [7, 11) is 0. The number of benzene rings is 1. The van der Waals surface area contributed by atoms with Crippen LogP contribution in [-0.2, 0) is 0 Å². The van der Waals surface area contributed by atoms with Gasteiger partial charge in [-0.2, -0.15) is 0 Å². The molecule has 0 amide bonds. The normalized spacial score (nSPS) is 17.2. The average Bonchev–Trinajstić information content (AvgIpc) is 2.48. The highest BCUT2D eigenvalue weighted by Crippen LogP contribution is 2.33. The molecule has 1 aromatic carbocycles. The number of halogens is 1. The van der Waals surface area contributed by atoms with Crippen molar-refractivity contribution in [1.29, 1.82) is 0 Å². The Morgan fingerprint density at radius 1 is 1.12 bits per heavy atom. The smallest absolute Gasteiger partial charge is 0.0547 e. The first-order chi connectivity index (χ1) is 8.25. The van der Waals surface area contributed by atoms with E-state index in [0.29, 0.717) is 5.92 Å². The van der Waals surface area contributed by atoms with E-state index in [-0.39, 0.29) is 0 Å². The summed E-state index contributed by atoms with van der Waals surface area (Å²) in [6, 6.07) is 10.1. The van der Waals surface area contributed by atoms with Gasteiger partial charge in [-0.3, -0.25) is 4.98 Å². The van der Waals surface area contributed by atoms with Gasteiger partial charge in [-0.25, -0.2) is 0 Å². The third-order valence-corrected chi connectivity index (χ3v) is 3.47. The van der Waals surface area contributed by atoms with Crippen molar-refractivity contribution in [2.45, 2.75) is 12.8 Å². The molecule has 0 saturated carbocycles. The Hall–Kier alpha value is -1.60. The molecular weight excluding hydrogens is 230 g/mol. The van der Waals surface area contributed by atoms with Gasteiger partial charge in [-0.1, -0.05) is 42.8 Å². The molecule has 84 valence electrons. The Morgan fingerprint density at radius 2 is 1.94 bits per heavy atom. The molecule has 1 aromatic heterocycles. The molecule has 1 aliphatic rings. The first-order valence-electron chi connectivity index (χ1n) is 5.68. The van der Waals surface area contributed by atoms with Crippen LogP contribution in [0.3, 0.4) is 0 Å². The Balaban J connectivity index is 2.24. The summed E-state index contributed by atoms with van der Waals surface area (Å²) in [4.78, 5) is 4.50. The van der Waals surface area contributed by atoms with E-state index >= 15 is 0 Å². The van der Waals surface area contributed by atoms with Crippen molar-refractivity contribution in [2.75, 3.05) is 0 Å². The summed E-state index contributed by atoms with van der Waals surface area (Å²) in [5.41, 5.74) is 4.78. The van der Waals surface area contributed by atoms with Gasteiger partial charge in [0.05, 0.1) is 5.69 Å². The Morgan fingerprint density at radius 3 is 2.82 bits per heavy atom. The second-order valence-corrected chi connectivity index (χ2v) is 4.74. The van der Waals surface area contributed by atoms with Crippen LogP contribution in [0.25, 0.3) is 12.2 Å². The highest BCUT2D eigenvalue weighted by Gasteiger charge is 2.18. The zero-order valence-electron chi connectivity index (χ0n) is 9.52. The van der Waals surface area contributed by atoms with Crippen LogP contribution in [-0.4, -0.2) is 4.98 Å². The zero-order chi connectivity index (χ0) is 11.8. The molecule has 1 atom stereocenters. The predicted octanol–water partition coefficient (Wildman–Crippen LogP) is 4.37. The van der Waals surface area contributed by atoms with E-state index in [2.05, 4.69) is 36.2 Å². The quantitative estimate of drug-likeness (QED) is 0.667. The average molecular weight is 242 g/mol. The van der Waals surface area contributed by atoms with Crippen LogP contribution in [0.2, 0.25) is 5.02 Å². The molecule has 1 nitrogen and oxygen atoms in total. The SMILES string of the molecule is CC1c2ccc(Cl)cc2C=Cc2cccnc21. The first kappa shape index (κ1) is 10.5. The predicted molar refractivity (Wildman–Crippen MR) is 72.1 cm³/mol. The van der Waals surface area contributed by atoms with Gasteiger partial charge in [-0.15, -0.1) is 0 Å². The molecule has 1 aliphatic carbocycles. The molecule has 0 bridgehead atoms. The minimum atomic E-state index is 0.300. The minimum absolute atomic E-state index is 0.300. The van der Waals surface area contributed by atoms with E-state index in [0.717, 1.165) is 10.7 Å². The third-order valence-electron chi connectivity index (χ3n) is 3.24. The number of nitrogens with zero attached hydrogens (tertiary/aromatic N) is 1. The van der Waals surface area contributed by atoms with Gasteiger partial charge in [0.25, 0.3) is 0 Å². The van der Waals surface area contributed by atoms with Gasteiger partial charge in [-0.05, 0) is 34.9 Å².